The van der Waals surface area contributed by atoms with Gasteiger partial charge in [-0.25, -0.2) is 12.8 Å². The number of thiophene rings is 1. The van der Waals surface area contributed by atoms with Crippen LogP contribution >= 0.6 is 11.3 Å². The Morgan fingerprint density at radius 1 is 1.33 bits per heavy atom. The second kappa shape index (κ2) is 5.40. The van der Waals surface area contributed by atoms with Gasteiger partial charge >= 0.3 is 0 Å². The van der Waals surface area contributed by atoms with E-state index in [-0.39, 0.29) is 16.6 Å². The maximum Gasteiger partial charge on any atom is 0.243 e. The van der Waals surface area contributed by atoms with Crippen molar-refractivity contribution in [2.24, 2.45) is 0 Å². The highest BCUT2D eigenvalue weighted by Crippen LogP contribution is 2.34. The lowest BCUT2D eigenvalue weighted by atomic mass is 10.3. The number of nitrogens with zero attached hydrogens (tertiary/aromatic N) is 1. The van der Waals surface area contributed by atoms with E-state index in [1.54, 1.807) is 0 Å². The third kappa shape index (κ3) is 2.95. The molecule has 0 aliphatic heterocycles. The lowest BCUT2D eigenvalue weighted by Crippen LogP contribution is -2.32. The fraction of sp³-hybridized carbons (Fsp3) is 0.286. The van der Waals surface area contributed by atoms with Crippen molar-refractivity contribution in [2.45, 2.75) is 30.3 Å². The van der Waals surface area contributed by atoms with E-state index in [0.717, 1.165) is 23.8 Å². The SMILES string of the molecule is Nc1ccc(S(=O)(=O)N(Cc2cccs2)C2CC2)cc1F. The smallest absolute Gasteiger partial charge is 0.243 e. The van der Waals surface area contributed by atoms with Crippen molar-refractivity contribution < 1.29 is 12.8 Å². The minimum absolute atomic E-state index is 0.0118. The van der Waals surface area contributed by atoms with Crippen LogP contribution in [0, 0.1) is 5.82 Å². The first-order chi connectivity index (χ1) is 9.98. The first-order valence-electron chi connectivity index (χ1n) is 6.58. The van der Waals surface area contributed by atoms with E-state index in [1.165, 1.54) is 27.8 Å². The quantitative estimate of drug-likeness (QED) is 0.859. The second-order valence-electron chi connectivity index (χ2n) is 5.04. The zero-order chi connectivity index (χ0) is 15.0. The minimum Gasteiger partial charge on any atom is -0.396 e. The molecule has 21 heavy (non-hydrogen) atoms. The highest BCUT2D eigenvalue weighted by atomic mass is 32.2. The molecule has 4 nitrogen and oxygen atoms in total. The first kappa shape index (κ1) is 14.5. The fourth-order valence-electron chi connectivity index (χ4n) is 2.13. The summed E-state index contributed by atoms with van der Waals surface area (Å²) in [6, 6.07) is 7.45. The average molecular weight is 326 g/mol. The molecule has 1 aromatic carbocycles. The summed E-state index contributed by atoms with van der Waals surface area (Å²) in [5.74, 6) is -0.706. The van der Waals surface area contributed by atoms with Crippen LogP contribution < -0.4 is 5.73 Å². The van der Waals surface area contributed by atoms with E-state index in [4.69, 9.17) is 5.73 Å². The summed E-state index contributed by atoms with van der Waals surface area (Å²) in [6.07, 6.45) is 1.70. The molecule has 0 bridgehead atoms. The van der Waals surface area contributed by atoms with E-state index < -0.39 is 15.8 Å². The third-order valence-electron chi connectivity index (χ3n) is 3.42. The van der Waals surface area contributed by atoms with E-state index in [9.17, 15) is 12.8 Å². The Morgan fingerprint density at radius 2 is 2.10 bits per heavy atom. The standard InChI is InChI=1S/C14H15FN2O2S2/c15-13-8-12(5-6-14(13)16)21(18,19)17(10-3-4-10)9-11-2-1-7-20-11/h1-2,5-8,10H,3-4,9,16H2. The maximum atomic E-state index is 13.6. The zero-order valence-electron chi connectivity index (χ0n) is 11.2. The van der Waals surface area contributed by atoms with E-state index in [2.05, 4.69) is 0 Å². The van der Waals surface area contributed by atoms with Gasteiger partial charge in [-0.05, 0) is 42.5 Å². The lowest BCUT2D eigenvalue weighted by Gasteiger charge is -2.21. The molecular weight excluding hydrogens is 311 g/mol. The van der Waals surface area contributed by atoms with Crippen LogP contribution in [0.3, 0.4) is 0 Å². The topological polar surface area (TPSA) is 63.4 Å². The Bertz CT molecular complexity index is 740. The van der Waals surface area contributed by atoms with Gasteiger partial charge in [0.2, 0.25) is 10.0 Å². The molecule has 0 radical (unpaired) electrons. The van der Waals surface area contributed by atoms with Gasteiger partial charge in [0.1, 0.15) is 5.82 Å². The summed E-state index contributed by atoms with van der Waals surface area (Å²) < 4.78 is 40.5. The highest BCUT2D eigenvalue weighted by Gasteiger charge is 2.38. The number of hydrogen-bond acceptors (Lipinski definition) is 4. The van der Waals surface area contributed by atoms with Crippen molar-refractivity contribution >= 4 is 27.0 Å². The zero-order valence-corrected chi connectivity index (χ0v) is 12.8. The molecule has 0 amide bonds. The van der Waals surface area contributed by atoms with Crippen molar-refractivity contribution in [1.29, 1.82) is 0 Å². The molecule has 0 unspecified atom stereocenters. The van der Waals surface area contributed by atoms with Crippen molar-refractivity contribution in [3.05, 3.63) is 46.4 Å². The fourth-order valence-corrected chi connectivity index (χ4v) is 4.59. The van der Waals surface area contributed by atoms with E-state index >= 15 is 0 Å². The van der Waals surface area contributed by atoms with Gasteiger partial charge in [0.25, 0.3) is 0 Å². The molecule has 1 aliphatic rings. The Kier molecular flexibility index (Phi) is 3.73. The summed E-state index contributed by atoms with van der Waals surface area (Å²) in [5.41, 5.74) is 5.36. The van der Waals surface area contributed by atoms with Gasteiger partial charge in [-0.2, -0.15) is 4.31 Å². The Hall–Kier alpha value is -1.44. The Labute approximate surface area is 127 Å². The lowest BCUT2D eigenvalue weighted by molar-refractivity contribution is 0.401. The maximum absolute atomic E-state index is 13.6. The molecule has 1 fully saturated rings. The van der Waals surface area contributed by atoms with Crippen LogP contribution in [0.15, 0.2) is 40.6 Å². The predicted molar refractivity (Wildman–Crippen MR) is 80.9 cm³/mol. The van der Waals surface area contributed by atoms with E-state index in [1.807, 2.05) is 17.5 Å². The molecule has 0 saturated heterocycles. The molecule has 7 heteroatoms. The molecular formula is C14H15FN2O2S2. The first-order valence-corrected chi connectivity index (χ1v) is 8.90. The summed E-state index contributed by atoms with van der Waals surface area (Å²) in [7, 11) is -3.71. The van der Waals surface area contributed by atoms with Crippen LogP contribution in [-0.2, 0) is 16.6 Å². The molecule has 1 saturated carbocycles. The molecule has 3 rings (SSSR count). The third-order valence-corrected chi connectivity index (χ3v) is 6.18. The molecule has 2 aromatic rings. The van der Waals surface area contributed by atoms with Crippen LogP contribution in [0.4, 0.5) is 10.1 Å². The van der Waals surface area contributed by atoms with Crippen molar-refractivity contribution in [2.75, 3.05) is 5.73 Å². The van der Waals surface area contributed by atoms with Gasteiger partial charge in [0.15, 0.2) is 0 Å². The summed E-state index contributed by atoms with van der Waals surface area (Å²) in [5, 5.41) is 1.91. The summed E-state index contributed by atoms with van der Waals surface area (Å²) in [4.78, 5) is 0.930. The number of benzene rings is 1. The van der Waals surface area contributed by atoms with Gasteiger partial charge in [0, 0.05) is 17.5 Å². The summed E-state index contributed by atoms with van der Waals surface area (Å²) in [6.45, 7) is 0.330. The van der Waals surface area contributed by atoms with Crippen LogP contribution in [0.1, 0.15) is 17.7 Å². The van der Waals surface area contributed by atoms with Crippen LogP contribution in [-0.4, -0.2) is 18.8 Å². The summed E-state index contributed by atoms with van der Waals surface area (Å²) >= 11 is 1.51. The van der Waals surface area contributed by atoms with Crippen LogP contribution in [0.2, 0.25) is 0 Å². The molecule has 1 heterocycles. The number of nitrogen functional groups attached to an aromatic ring is 1. The average Bonchev–Trinajstić information content (AvgIpc) is 3.15. The van der Waals surface area contributed by atoms with E-state index in [0.29, 0.717) is 6.54 Å². The molecule has 2 N–H and O–H groups in total. The van der Waals surface area contributed by atoms with Crippen molar-refractivity contribution in [3.8, 4) is 0 Å². The molecule has 1 aromatic heterocycles. The Balaban J connectivity index is 1.95. The molecule has 0 spiro atoms. The van der Waals surface area contributed by atoms with Crippen LogP contribution in [0.5, 0.6) is 0 Å². The normalized spacial score (nSPS) is 15.5. The minimum atomic E-state index is -3.71. The Morgan fingerprint density at radius 3 is 2.67 bits per heavy atom. The number of anilines is 1. The van der Waals surface area contributed by atoms with Gasteiger partial charge in [-0.1, -0.05) is 6.07 Å². The monoisotopic (exact) mass is 326 g/mol. The highest BCUT2D eigenvalue weighted by molar-refractivity contribution is 7.89. The van der Waals surface area contributed by atoms with Gasteiger partial charge < -0.3 is 5.73 Å². The van der Waals surface area contributed by atoms with Crippen LogP contribution in [0.25, 0.3) is 0 Å². The van der Waals surface area contributed by atoms with Gasteiger partial charge in [-0.15, -0.1) is 11.3 Å². The molecule has 0 atom stereocenters. The van der Waals surface area contributed by atoms with Gasteiger partial charge in [0.05, 0.1) is 10.6 Å². The van der Waals surface area contributed by atoms with Crippen molar-refractivity contribution in [3.63, 3.8) is 0 Å². The second-order valence-corrected chi connectivity index (χ2v) is 7.97. The number of rotatable bonds is 5. The number of nitrogens with two attached hydrogens (primary N) is 1. The largest absolute Gasteiger partial charge is 0.396 e. The van der Waals surface area contributed by atoms with Gasteiger partial charge in [-0.3, -0.25) is 0 Å². The van der Waals surface area contributed by atoms with Crippen molar-refractivity contribution in [1.82, 2.24) is 4.31 Å². The predicted octanol–water partition coefficient (Wildman–Crippen LogP) is 2.82. The number of sulfonamides is 1. The molecule has 112 valence electrons. The molecule has 1 aliphatic carbocycles. The number of hydrogen-bond donors (Lipinski definition) is 1. The number of halogens is 1.